The third-order valence-electron chi connectivity index (χ3n) is 17.3. The van der Waals surface area contributed by atoms with E-state index in [1.807, 2.05) is 0 Å². The van der Waals surface area contributed by atoms with E-state index in [1.165, 1.54) is 161 Å². The van der Waals surface area contributed by atoms with Crippen LogP contribution >= 0.6 is 0 Å². The molecule has 1 heterocycles. The van der Waals surface area contributed by atoms with Crippen molar-refractivity contribution in [1.29, 1.82) is 0 Å². The molecular weight excluding hydrogens is 747 g/mol. The summed E-state index contributed by atoms with van der Waals surface area (Å²) in [4.78, 5) is 0. The van der Waals surface area contributed by atoms with Crippen LogP contribution in [0.4, 0.5) is 0 Å². The number of hydrogen-bond donors (Lipinski definition) is 1. The van der Waals surface area contributed by atoms with Gasteiger partial charge in [-0.15, -0.1) is 0 Å². The summed E-state index contributed by atoms with van der Waals surface area (Å²) in [7, 11) is 0. The van der Waals surface area contributed by atoms with Crippen molar-refractivity contribution in [3.63, 3.8) is 0 Å². The fourth-order valence-electron chi connectivity index (χ4n) is 13.5. The lowest BCUT2D eigenvalue weighted by molar-refractivity contribution is -0.134. The van der Waals surface area contributed by atoms with Gasteiger partial charge < -0.3 is 19.9 Å². The molecule has 0 bridgehead atoms. The fourth-order valence-corrected chi connectivity index (χ4v) is 13.5. The molecule has 1 saturated heterocycles. The average Bonchev–Trinajstić information content (AvgIpc) is 3.23. The van der Waals surface area contributed by atoms with E-state index in [2.05, 4.69) is 85.8 Å². The maximum absolute atomic E-state index is 7.94. The summed E-state index contributed by atoms with van der Waals surface area (Å²) in [6.45, 7) is 24.2. The second-order valence-corrected chi connectivity index (χ2v) is 22.6. The number of nitrogens with two attached hydrogens (primary N) is 1. The molecule has 0 amide bonds. The van der Waals surface area contributed by atoms with Crippen molar-refractivity contribution in [1.82, 2.24) is 0 Å². The summed E-state index contributed by atoms with van der Waals surface area (Å²) in [6.07, 6.45) is 47.8. The summed E-state index contributed by atoms with van der Waals surface area (Å²) in [5, 5.41) is 0. The van der Waals surface area contributed by atoms with Gasteiger partial charge in [0.15, 0.2) is 0 Å². The van der Waals surface area contributed by atoms with E-state index in [9.17, 15) is 0 Å². The normalized spacial score (nSPS) is 30.8. The van der Waals surface area contributed by atoms with E-state index in [4.69, 9.17) is 19.9 Å². The largest absolute Gasteiger partial charge is 0.381 e. The number of fused-ring (bicyclic) bond motifs is 3. The second-order valence-electron chi connectivity index (χ2n) is 22.6. The Morgan fingerprint density at radius 2 is 1.48 bits per heavy atom. The molecule has 4 heteroatoms. The van der Waals surface area contributed by atoms with E-state index in [1.54, 1.807) is 5.57 Å². The Hall–Kier alpha value is -0.940. The molecular formula is C57H103NO3. The Labute approximate surface area is 380 Å². The van der Waals surface area contributed by atoms with Gasteiger partial charge in [0.2, 0.25) is 0 Å². The van der Waals surface area contributed by atoms with Gasteiger partial charge in [0.1, 0.15) is 0 Å². The van der Waals surface area contributed by atoms with Gasteiger partial charge in [-0.1, -0.05) is 156 Å². The van der Waals surface area contributed by atoms with Crippen LogP contribution in [-0.2, 0) is 14.2 Å². The Bertz CT molecular complexity index is 1270. The van der Waals surface area contributed by atoms with Crippen LogP contribution in [0.5, 0.6) is 0 Å². The number of unbranched alkanes of at least 4 members (excludes halogenated alkanes) is 9. The smallest absolute Gasteiger partial charge is 0.0811 e. The van der Waals surface area contributed by atoms with Gasteiger partial charge in [0.25, 0.3) is 0 Å². The van der Waals surface area contributed by atoms with Crippen LogP contribution in [-0.4, -0.2) is 44.7 Å². The highest BCUT2D eigenvalue weighted by atomic mass is 16.5. The molecule has 0 spiro atoms. The third-order valence-corrected chi connectivity index (χ3v) is 17.3. The molecule has 4 nitrogen and oxygen atoms in total. The molecule has 2 saturated carbocycles. The van der Waals surface area contributed by atoms with Crippen LogP contribution in [0, 0.1) is 45.8 Å². The molecule has 2 N–H and O–H groups in total. The standard InChI is InChI=1S/C57H103NO3/c1-9-11-12-13-14-15-16-17-18-19-20-21-22-23-24-25-39-60-46-52(44-50-33-41-59-42-34-50)61-40-27-30-49-31-35-55(7)51(43-49)32-36-56(8)53(10-2)54(6,37-38-57(55,56)58)45-48(5)29-26-28-47(3)4/h14-15,17-18,32,47-50,52-53H,9-13,16,19-31,33-46,58H2,1-8H3. The van der Waals surface area contributed by atoms with Gasteiger partial charge in [-0.3, -0.25) is 0 Å². The quantitative estimate of drug-likeness (QED) is 0.0558. The van der Waals surface area contributed by atoms with E-state index < -0.39 is 0 Å². The first-order valence-electron chi connectivity index (χ1n) is 27.0. The van der Waals surface area contributed by atoms with Crippen molar-refractivity contribution in [3.8, 4) is 0 Å². The fraction of sp³-hybridized carbons (Fsp3) is 0.895. The van der Waals surface area contributed by atoms with Crippen LogP contribution in [0.2, 0.25) is 0 Å². The topological polar surface area (TPSA) is 53.7 Å². The van der Waals surface area contributed by atoms with Gasteiger partial charge in [0, 0.05) is 37.4 Å². The van der Waals surface area contributed by atoms with Gasteiger partial charge in [0.05, 0.1) is 12.7 Å². The molecule has 8 unspecified atom stereocenters. The minimum Gasteiger partial charge on any atom is -0.381 e. The van der Waals surface area contributed by atoms with Crippen molar-refractivity contribution < 1.29 is 14.2 Å². The monoisotopic (exact) mass is 850 g/mol. The van der Waals surface area contributed by atoms with Crippen molar-refractivity contribution in [2.75, 3.05) is 33.0 Å². The molecule has 0 aromatic heterocycles. The van der Waals surface area contributed by atoms with Crippen LogP contribution in [0.3, 0.4) is 0 Å². The molecule has 61 heavy (non-hydrogen) atoms. The Kier molecular flexibility index (Phi) is 23.8. The summed E-state index contributed by atoms with van der Waals surface area (Å²) in [5.41, 5.74) is 10.2. The molecule has 4 aliphatic rings. The molecule has 8 atom stereocenters. The van der Waals surface area contributed by atoms with Gasteiger partial charge >= 0.3 is 0 Å². The molecule has 354 valence electrons. The Balaban J connectivity index is 1.16. The van der Waals surface area contributed by atoms with Gasteiger partial charge in [-0.2, -0.15) is 0 Å². The highest BCUT2D eigenvalue weighted by Crippen LogP contribution is 2.69. The van der Waals surface area contributed by atoms with Crippen molar-refractivity contribution in [3.05, 3.63) is 36.0 Å². The minimum atomic E-state index is -0.112. The van der Waals surface area contributed by atoms with E-state index in [0.717, 1.165) is 70.1 Å². The molecule has 3 aliphatic carbocycles. The molecule has 4 rings (SSSR count). The Morgan fingerprint density at radius 1 is 0.770 bits per heavy atom. The summed E-state index contributed by atoms with van der Waals surface area (Å²) in [6, 6.07) is 0. The molecule has 0 radical (unpaired) electrons. The highest BCUT2D eigenvalue weighted by Gasteiger charge is 2.66. The number of rotatable bonds is 31. The molecule has 0 aromatic carbocycles. The first-order chi connectivity index (χ1) is 29.4. The number of hydrogen-bond acceptors (Lipinski definition) is 4. The predicted molar refractivity (Wildman–Crippen MR) is 264 cm³/mol. The van der Waals surface area contributed by atoms with Crippen molar-refractivity contribution in [2.24, 2.45) is 51.6 Å². The van der Waals surface area contributed by atoms with Crippen LogP contribution in [0.15, 0.2) is 36.0 Å². The van der Waals surface area contributed by atoms with Crippen molar-refractivity contribution >= 4 is 0 Å². The van der Waals surface area contributed by atoms with Crippen LogP contribution < -0.4 is 5.73 Å². The Morgan fingerprint density at radius 3 is 2.18 bits per heavy atom. The van der Waals surface area contributed by atoms with Crippen molar-refractivity contribution in [2.45, 2.75) is 247 Å². The van der Waals surface area contributed by atoms with E-state index >= 15 is 0 Å². The second kappa shape index (κ2) is 27.5. The number of ether oxygens (including phenoxy) is 3. The van der Waals surface area contributed by atoms with Crippen LogP contribution in [0.1, 0.15) is 235 Å². The van der Waals surface area contributed by atoms with Gasteiger partial charge in [-0.25, -0.2) is 0 Å². The summed E-state index contributed by atoms with van der Waals surface area (Å²) >= 11 is 0. The number of allylic oxidation sites excluding steroid dienone is 5. The average molecular weight is 850 g/mol. The molecule has 1 aliphatic heterocycles. The maximum atomic E-state index is 7.94. The SMILES string of the molecule is CCCCCC=CCC=CCCCCCCCCOCC(CC1CCOCC1)OCCCC1CCC2(C)C(=CCC3(C)C(CC)C(C)(CC(C)CCCC(C)C)CCC23N)C1. The summed E-state index contributed by atoms with van der Waals surface area (Å²) < 4.78 is 18.7. The van der Waals surface area contributed by atoms with Gasteiger partial charge in [-0.05, 0) is 156 Å². The first kappa shape index (κ1) is 52.7. The lowest BCUT2D eigenvalue weighted by Gasteiger charge is -2.69. The zero-order valence-corrected chi connectivity index (χ0v) is 42.0. The highest BCUT2D eigenvalue weighted by molar-refractivity contribution is 5.34. The zero-order valence-electron chi connectivity index (χ0n) is 42.0. The minimum absolute atomic E-state index is 0.112. The molecule has 0 aromatic rings. The third kappa shape index (κ3) is 15.9. The molecule has 3 fully saturated rings. The lowest BCUT2D eigenvalue weighted by atomic mass is 9.37. The lowest BCUT2D eigenvalue weighted by Crippen LogP contribution is -2.72. The zero-order chi connectivity index (χ0) is 44.0. The van der Waals surface area contributed by atoms with E-state index in [0.29, 0.717) is 17.3 Å². The first-order valence-corrected chi connectivity index (χ1v) is 27.0. The summed E-state index contributed by atoms with van der Waals surface area (Å²) in [5.74, 6) is 3.75. The maximum Gasteiger partial charge on any atom is 0.0811 e. The van der Waals surface area contributed by atoms with E-state index in [-0.39, 0.29) is 22.5 Å². The predicted octanol–water partition coefficient (Wildman–Crippen LogP) is 16.3. The van der Waals surface area contributed by atoms with Crippen LogP contribution in [0.25, 0.3) is 0 Å².